The number of nitrogens with one attached hydrogen (secondary N) is 1. The van der Waals surface area contributed by atoms with E-state index in [1.165, 1.54) is 47.4 Å². The molecule has 0 aromatic heterocycles. The van der Waals surface area contributed by atoms with Crippen LogP contribution in [0.5, 0.6) is 0 Å². The second-order valence-corrected chi connectivity index (χ2v) is 10.9. The fourth-order valence-electron chi connectivity index (χ4n) is 3.41. The van der Waals surface area contributed by atoms with Crippen molar-refractivity contribution in [1.29, 1.82) is 0 Å². The van der Waals surface area contributed by atoms with Gasteiger partial charge >= 0.3 is 0 Å². The second kappa shape index (κ2) is 10.9. The molecule has 0 aliphatic carbocycles. The Kier molecular flexibility index (Phi) is 8.77. The van der Waals surface area contributed by atoms with Crippen LogP contribution in [0.1, 0.15) is 39.7 Å². The van der Waals surface area contributed by atoms with Crippen LogP contribution in [0, 0.1) is 11.6 Å². The van der Waals surface area contributed by atoms with Gasteiger partial charge in [0.25, 0.3) is 0 Å². The van der Waals surface area contributed by atoms with E-state index in [9.17, 15) is 26.8 Å². The number of halogens is 2. The highest BCUT2D eigenvalue weighted by molar-refractivity contribution is 7.92. The maximum absolute atomic E-state index is 14.4. The van der Waals surface area contributed by atoms with E-state index >= 15 is 0 Å². The lowest BCUT2D eigenvalue weighted by Gasteiger charge is -2.34. The van der Waals surface area contributed by atoms with E-state index in [1.807, 2.05) is 0 Å². The summed E-state index contributed by atoms with van der Waals surface area (Å²) < 4.78 is 53.4. The third-order valence-corrected chi connectivity index (χ3v) is 6.08. The van der Waals surface area contributed by atoms with E-state index in [2.05, 4.69) is 5.32 Å². The van der Waals surface area contributed by atoms with Gasteiger partial charge in [-0.15, -0.1) is 0 Å². The number of hydrogen-bond acceptors (Lipinski definition) is 4. The van der Waals surface area contributed by atoms with Crippen LogP contribution in [0.4, 0.5) is 14.5 Å². The molecule has 0 fully saturated rings. The Morgan fingerprint density at radius 3 is 2.12 bits per heavy atom. The molecule has 0 heterocycles. The van der Waals surface area contributed by atoms with E-state index in [0.29, 0.717) is 9.87 Å². The number of carbonyl (C=O) groups is 2. The van der Waals surface area contributed by atoms with Crippen LogP contribution < -0.4 is 9.62 Å². The summed E-state index contributed by atoms with van der Waals surface area (Å²) in [5.41, 5.74) is -0.290. The molecule has 0 aliphatic heterocycles. The fourth-order valence-corrected chi connectivity index (χ4v) is 4.26. The minimum atomic E-state index is -4.03. The summed E-state index contributed by atoms with van der Waals surface area (Å²) in [6.45, 7) is 6.35. The molecule has 1 N–H and O–H groups in total. The maximum atomic E-state index is 14.4. The van der Waals surface area contributed by atoms with E-state index in [1.54, 1.807) is 27.7 Å². The average Bonchev–Trinajstić information content (AvgIpc) is 2.71. The van der Waals surface area contributed by atoms with Crippen LogP contribution >= 0.6 is 0 Å². The number of para-hydroxylation sites is 1. The van der Waals surface area contributed by atoms with E-state index in [0.717, 1.165) is 12.3 Å². The zero-order valence-electron chi connectivity index (χ0n) is 20.0. The molecule has 186 valence electrons. The van der Waals surface area contributed by atoms with Crippen molar-refractivity contribution in [2.45, 2.75) is 52.2 Å². The third kappa shape index (κ3) is 7.51. The Morgan fingerprint density at radius 1 is 1.03 bits per heavy atom. The summed E-state index contributed by atoms with van der Waals surface area (Å²) in [6.07, 6.45) is 1.12. The Hall–Kier alpha value is -3.01. The van der Waals surface area contributed by atoms with Gasteiger partial charge in [0.1, 0.15) is 24.2 Å². The first kappa shape index (κ1) is 27.2. The Morgan fingerprint density at radius 2 is 1.62 bits per heavy atom. The zero-order valence-corrected chi connectivity index (χ0v) is 20.8. The monoisotopic (exact) mass is 495 g/mol. The van der Waals surface area contributed by atoms with Gasteiger partial charge in [0, 0.05) is 12.1 Å². The molecule has 2 rings (SSSR count). The number of hydrogen-bond donors (Lipinski definition) is 1. The van der Waals surface area contributed by atoms with Gasteiger partial charge in [-0.25, -0.2) is 17.2 Å². The minimum Gasteiger partial charge on any atom is -0.350 e. The molecule has 1 atom stereocenters. The summed E-state index contributed by atoms with van der Waals surface area (Å²) in [5, 5.41) is 2.84. The Balaban J connectivity index is 2.46. The molecule has 2 aromatic carbocycles. The van der Waals surface area contributed by atoms with Crippen molar-refractivity contribution in [3.05, 3.63) is 65.7 Å². The third-order valence-electron chi connectivity index (χ3n) is 4.95. The largest absolute Gasteiger partial charge is 0.350 e. The summed E-state index contributed by atoms with van der Waals surface area (Å²) in [5.74, 6) is -2.37. The summed E-state index contributed by atoms with van der Waals surface area (Å²) >= 11 is 0. The van der Waals surface area contributed by atoms with Crippen molar-refractivity contribution in [2.75, 3.05) is 17.1 Å². The number of rotatable bonds is 9. The van der Waals surface area contributed by atoms with Crippen molar-refractivity contribution in [3.8, 4) is 0 Å². The number of amides is 2. The number of benzene rings is 2. The topological polar surface area (TPSA) is 86.8 Å². The fraction of sp³-hybridized carbons (Fsp3) is 0.417. The highest BCUT2D eigenvalue weighted by Gasteiger charge is 2.33. The molecule has 0 saturated heterocycles. The minimum absolute atomic E-state index is 0.0654. The highest BCUT2D eigenvalue weighted by Crippen LogP contribution is 2.23. The Bertz CT molecular complexity index is 1120. The SMILES string of the molecule is CC[C@@H](C(=O)NC(C)(C)C)N(Cc1ccc(F)cc1)C(=O)CN(c1ccccc1F)S(C)(=O)=O. The van der Waals surface area contributed by atoms with Crippen molar-refractivity contribution in [3.63, 3.8) is 0 Å². The maximum Gasteiger partial charge on any atom is 0.244 e. The quantitative estimate of drug-likeness (QED) is 0.577. The van der Waals surface area contributed by atoms with Crippen LogP contribution in [0.15, 0.2) is 48.5 Å². The van der Waals surface area contributed by atoms with Crippen molar-refractivity contribution >= 4 is 27.5 Å². The molecule has 0 spiro atoms. The first-order chi connectivity index (χ1) is 15.7. The molecule has 0 aliphatic rings. The molecule has 34 heavy (non-hydrogen) atoms. The zero-order chi connectivity index (χ0) is 25.7. The predicted molar refractivity (Wildman–Crippen MR) is 128 cm³/mol. The van der Waals surface area contributed by atoms with Gasteiger partial charge in [-0.2, -0.15) is 0 Å². The van der Waals surface area contributed by atoms with Crippen molar-refractivity contribution in [2.24, 2.45) is 0 Å². The molecule has 0 unspecified atom stereocenters. The van der Waals surface area contributed by atoms with E-state index in [-0.39, 0.29) is 18.7 Å². The molecule has 7 nitrogen and oxygen atoms in total. The van der Waals surface area contributed by atoms with E-state index < -0.39 is 51.6 Å². The molecular formula is C24H31F2N3O4S. The molecule has 2 amide bonds. The average molecular weight is 496 g/mol. The van der Waals surface area contributed by atoms with Crippen molar-refractivity contribution in [1.82, 2.24) is 10.2 Å². The summed E-state index contributed by atoms with van der Waals surface area (Å²) in [7, 11) is -4.03. The van der Waals surface area contributed by atoms with Crippen LogP contribution in [0.3, 0.4) is 0 Å². The smallest absolute Gasteiger partial charge is 0.244 e. The van der Waals surface area contributed by atoms with Gasteiger partial charge in [-0.3, -0.25) is 13.9 Å². The Labute approximate surface area is 199 Å². The summed E-state index contributed by atoms with van der Waals surface area (Å²) in [4.78, 5) is 27.7. The van der Waals surface area contributed by atoms with Gasteiger partial charge < -0.3 is 10.2 Å². The molecule has 0 bridgehead atoms. The number of nitrogens with zero attached hydrogens (tertiary/aromatic N) is 2. The first-order valence-corrected chi connectivity index (χ1v) is 12.7. The van der Waals surface area contributed by atoms with Crippen LogP contribution in [0.25, 0.3) is 0 Å². The lowest BCUT2D eigenvalue weighted by atomic mass is 10.1. The van der Waals surface area contributed by atoms with Crippen LogP contribution in [0.2, 0.25) is 0 Å². The predicted octanol–water partition coefficient (Wildman–Crippen LogP) is 3.45. The number of anilines is 1. The molecular weight excluding hydrogens is 464 g/mol. The summed E-state index contributed by atoms with van der Waals surface area (Å²) in [6, 6.07) is 9.72. The lowest BCUT2D eigenvalue weighted by molar-refractivity contribution is -0.141. The first-order valence-electron chi connectivity index (χ1n) is 10.8. The van der Waals surface area contributed by atoms with Gasteiger partial charge in [0.05, 0.1) is 11.9 Å². The normalized spacial score (nSPS) is 12.7. The van der Waals surface area contributed by atoms with Crippen molar-refractivity contribution < 1.29 is 26.8 Å². The second-order valence-electron chi connectivity index (χ2n) is 9.03. The lowest BCUT2D eigenvalue weighted by Crippen LogP contribution is -2.55. The molecule has 0 radical (unpaired) electrons. The van der Waals surface area contributed by atoms with Gasteiger partial charge in [0.15, 0.2) is 0 Å². The highest BCUT2D eigenvalue weighted by atomic mass is 32.2. The molecule has 2 aromatic rings. The van der Waals surface area contributed by atoms with Gasteiger partial charge in [-0.05, 0) is 57.0 Å². The van der Waals surface area contributed by atoms with E-state index in [4.69, 9.17) is 0 Å². The molecule has 10 heteroatoms. The van der Waals surface area contributed by atoms with Crippen LogP contribution in [-0.4, -0.2) is 49.5 Å². The van der Waals surface area contributed by atoms with Gasteiger partial charge in [-0.1, -0.05) is 31.2 Å². The molecule has 0 saturated carbocycles. The van der Waals surface area contributed by atoms with Crippen LogP contribution in [-0.2, 0) is 26.2 Å². The standard InChI is InChI=1S/C24H31F2N3O4S/c1-6-20(23(31)27-24(2,3)4)28(15-17-11-13-18(25)14-12-17)22(30)16-29(34(5,32)33)21-10-8-7-9-19(21)26/h7-14,20H,6,15-16H2,1-5H3,(H,27,31)/t20-/m0/s1. The number of sulfonamides is 1. The number of carbonyl (C=O) groups excluding carboxylic acids is 2. The van der Waals surface area contributed by atoms with Gasteiger partial charge in [0.2, 0.25) is 21.8 Å².